The molecule has 2 aliphatic rings. The number of ether oxygens (including phenoxy) is 3. The summed E-state index contributed by atoms with van der Waals surface area (Å²) in [6.07, 6.45) is 3.86. The van der Waals surface area contributed by atoms with Gasteiger partial charge >= 0.3 is 0 Å². The second-order valence-electron chi connectivity index (χ2n) is 8.17. The molecule has 1 heterocycles. The number of benzene rings is 3. The Morgan fingerprint density at radius 1 is 0.806 bits per heavy atom. The van der Waals surface area contributed by atoms with Crippen LogP contribution in [0.4, 0.5) is 0 Å². The maximum absolute atomic E-state index is 6.92. The molecule has 0 radical (unpaired) electrons. The average Bonchev–Trinajstić information content (AvgIpc) is 3.28. The predicted octanol–water partition coefficient (Wildman–Crippen LogP) is 5.97. The minimum Gasteiger partial charge on any atom is -0.466 e. The van der Waals surface area contributed by atoms with Crippen molar-refractivity contribution in [2.45, 2.75) is 31.3 Å². The molecule has 3 aromatic rings. The van der Waals surface area contributed by atoms with Gasteiger partial charge in [0.15, 0.2) is 6.29 Å². The molecule has 0 bridgehead atoms. The first-order valence-corrected chi connectivity index (χ1v) is 10.7. The summed E-state index contributed by atoms with van der Waals surface area (Å²) in [5.41, 5.74) is 3.00. The molecule has 1 fully saturated rings. The zero-order chi connectivity index (χ0) is 21.3. The third-order valence-corrected chi connectivity index (χ3v) is 6.02. The summed E-state index contributed by atoms with van der Waals surface area (Å²) in [4.78, 5) is 0. The average molecular weight is 411 g/mol. The quantitative estimate of drug-likeness (QED) is 0.469. The van der Waals surface area contributed by atoms with Gasteiger partial charge in [-0.15, -0.1) is 0 Å². The van der Waals surface area contributed by atoms with E-state index >= 15 is 0 Å². The first-order valence-electron chi connectivity index (χ1n) is 10.7. The first kappa shape index (κ1) is 19.8. The molecular weight excluding hydrogens is 384 g/mol. The van der Waals surface area contributed by atoms with Crippen LogP contribution in [-0.4, -0.2) is 18.5 Å². The lowest BCUT2D eigenvalue weighted by Gasteiger charge is -2.36. The zero-order valence-corrected chi connectivity index (χ0v) is 17.8. The molecular formula is C28H26O3. The Labute approximate surface area is 183 Å². The van der Waals surface area contributed by atoms with Crippen LogP contribution < -0.4 is 0 Å². The van der Waals surface area contributed by atoms with Gasteiger partial charge in [0.2, 0.25) is 0 Å². The normalized spacial score (nSPS) is 22.5. The van der Waals surface area contributed by atoms with Gasteiger partial charge in [0.1, 0.15) is 17.0 Å². The van der Waals surface area contributed by atoms with Crippen LogP contribution in [0.5, 0.6) is 0 Å². The van der Waals surface area contributed by atoms with Crippen LogP contribution in [-0.2, 0) is 19.8 Å². The molecule has 1 saturated heterocycles. The molecule has 3 heteroatoms. The van der Waals surface area contributed by atoms with Gasteiger partial charge in [0.25, 0.3) is 0 Å². The van der Waals surface area contributed by atoms with E-state index in [0.29, 0.717) is 6.61 Å². The summed E-state index contributed by atoms with van der Waals surface area (Å²) >= 11 is 0. The van der Waals surface area contributed by atoms with Gasteiger partial charge in [-0.25, -0.2) is 0 Å². The third-order valence-electron chi connectivity index (χ3n) is 6.02. The van der Waals surface area contributed by atoms with Crippen molar-refractivity contribution in [2.24, 2.45) is 0 Å². The summed E-state index contributed by atoms with van der Waals surface area (Å²) in [6.45, 7) is 4.36. The molecule has 3 aromatic carbocycles. The van der Waals surface area contributed by atoms with Crippen molar-refractivity contribution in [1.29, 1.82) is 0 Å². The lowest BCUT2D eigenvalue weighted by molar-refractivity contribution is -0.0550. The van der Waals surface area contributed by atoms with Crippen LogP contribution in [0.15, 0.2) is 114 Å². The molecule has 0 saturated carbocycles. The summed E-state index contributed by atoms with van der Waals surface area (Å²) in [5.74, 6) is 0.850. The highest BCUT2D eigenvalue weighted by molar-refractivity contribution is 5.48. The molecule has 31 heavy (non-hydrogen) atoms. The molecule has 0 amide bonds. The van der Waals surface area contributed by atoms with E-state index in [9.17, 15) is 0 Å². The third kappa shape index (κ3) is 3.40. The standard InChI is InChI=1S/C28H26O3/c1-21-30-26-22(18-19-27(26,2)31-21)20-29-28(23-12-6-3-7-13-23,24-14-8-4-9-15-24)25-16-10-5-11-17-25/h3-19,21H,20H2,1-2H3. The van der Waals surface area contributed by atoms with Crippen LogP contribution in [0.1, 0.15) is 30.5 Å². The van der Waals surface area contributed by atoms with Crippen LogP contribution in [0.3, 0.4) is 0 Å². The highest BCUT2D eigenvalue weighted by Crippen LogP contribution is 2.44. The van der Waals surface area contributed by atoms with Gasteiger partial charge in [0, 0.05) is 5.57 Å². The Morgan fingerprint density at radius 3 is 1.77 bits per heavy atom. The Kier molecular flexibility index (Phi) is 5.01. The zero-order valence-electron chi connectivity index (χ0n) is 17.8. The molecule has 156 valence electrons. The van der Waals surface area contributed by atoms with Crippen molar-refractivity contribution < 1.29 is 14.2 Å². The van der Waals surface area contributed by atoms with Gasteiger partial charge in [-0.1, -0.05) is 97.1 Å². The van der Waals surface area contributed by atoms with E-state index in [0.717, 1.165) is 28.0 Å². The first-order chi connectivity index (χ1) is 15.1. The van der Waals surface area contributed by atoms with Crippen molar-refractivity contribution in [3.8, 4) is 0 Å². The fourth-order valence-electron chi connectivity index (χ4n) is 4.62. The highest BCUT2D eigenvalue weighted by Gasteiger charge is 2.45. The molecule has 0 spiro atoms. The van der Waals surface area contributed by atoms with Crippen LogP contribution in [0.2, 0.25) is 0 Å². The van der Waals surface area contributed by atoms with Crippen LogP contribution >= 0.6 is 0 Å². The second kappa shape index (κ2) is 7.84. The SMILES string of the molecule is CC1OC2=C(COC(c3ccccc3)(c3ccccc3)c3ccccc3)C=CC2(C)O1. The number of rotatable bonds is 6. The van der Waals surface area contributed by atoms with Crippen molar-refractivity contribution in [1.82, 2.24) is 0 Å². The number of fused-ring (bicyclic) bond motifs is 1. The van der Waals surface area contributed by atoms with Crippen molar-refractivity contribution in [3.05, 3.63) is 131 Å². The smallest absolute Gasteiger partial charge is 0.198 e. The summed E-state index contributed by atoms with van der Waals surface area (Å²) in [5, 5.41) is 0. The monoisotopic (exact) mass is 410 g/mol. The van der Waals surface area contributed by atoms with E-state index in [1.807, 2.05) is 32.0 Å². The van der Waals surface area contributed by atoms with Gasteiger partial charge < -0.3 is 14.2 Å². The van der Waals surface area contributed by atoms with Gasteiger partial charge in [-0.3, -0.25) is 0 Å². The summed E-state index contributed by atoms with van der Waals surface area (Å²) in [7, 11) is 0. The Morgan fingerprint density at radius 2 is 1.29 bits per heavy atom. The molecule has 5 rings (SSSR count). The number of hydrogen-bond donors (Lipinski definition) is 0. The van der Waals surface area contributed by atoms with E-state index in [2.05, 4.69) is 84.9 Å². The minimum absolute atomic E-state index is 0.262. The van der Waals surface area contributed by atoms with E-state index in [4.69, 9.17) is 14.2 Å². The second-order valence-corrected chi connectivity index (χ2v) is 8.17. The van der Waals surface area contributed by atoms with E-state index in [-0.39, 0.29) is 6.29 Å². The van der Waals surface area contributed by atoms with Crippen LogP contribution in [0.25, 0.3) is 0 Å². The largest absolute Gasteiger partial charge is 0.466 e. The minimum atomic E-state index is -0.755. The van der Waals surface area contributed by atoms with E-state index < -0.39 is 11.2 Å². The molecule has 1 aliphatic carbocycles. The lowest BCUT2D eigenvalue weighted by atomic mass is 9.80. The Bertz CT molecular complexity index is 1010. The van der Waals surface area contributed by atoms with Gasteiger partial charge in [-0.05, 0) is 36.6 Å². The molecule has 2 atom stereocenters. The Hall–Kier alpha value is -3.14. The van der Waals surface area contributed by atoms with E-state index in [1.54, 1.807) is 0 Å². The van der Waals surface area contributed by atoms with Gasteiger partial charge in [0.05, 0.1) is 6.61 Å². The summed E-state index contributed by atoms with van der Waals surface area (Å²) in [6, 6.07) is 31.2. The van der Waals surface area contributed by atoms with E-state index in [1.165, 1.54) is 0 Å². The summed E-state index contributed by atoms with van der Waals surface area (Å²) < 4.78 is 18.9. The maximum atomic E-state index is 6.92. The van der Waals surface area contributed by atoms with Crippen molar-refractivity contribution in [3.63, 3.8) is 0 Å². The molecule has 3 nitrogen and oxygen atoms in total. The highest BCUT2D eigenvalue weighted by atomic mass is 16.7. The fourth-order valence-corrected chi connectivity index (χ4v) is 4.62. The van der Waals surface area contributed by atoms with Crippen LogP contribution in [0, 0.1) is 0 Å². The maximum Gasteiger partial charge on any atom is 0.198 e. The molecule has 0 N–H and O–H groups in total. The lowest BCUT2D eigenvalue weighted by Crippen LogP contribution is -2.33. The topological polar surface area (TPSA) is 27.7 Å². The molecule has 0 aromatic heterocycles. The number of hydrogen-bond acceptors (Lipinski definition) is 3. The molecule has 1 aliphatic heterocycles. The predicted molar refractivity (Wildman–Crippen MR) is 121 cm³/mol. The van der Waals surface area contributed by atoms with Gasteiger partial charge in [-0.2, -0.15) is 0 Å². The Balaban J connectivity index is 1.63. The fraction of sp³-hybridized carbons (Fsp3) is 0.214. The van der Waals surface area contributed by atoms with Crippen molar-refractivity contribution in [2.75, 3.05) is 6.61 Å². The molecule has 2 unspecified atom stereocenters. The van der Waals surface area contributed by atoms with Crippen molar-refractivity contribution >= 4 is 0 Å².